The lowest BCUT2D eigenvalue weighted by Gasteiger charge is -2.18. The number of fused-ring (bicyclic) bond motifs is 2. The van der Waals surface area contributed by atoms with E-state index in [0.717, 1.165) is 5.56 Å². The molecule has 3 aromatic rings. The van der Waals surface area contributed by atoms with Crippen molar-refractivity contribution in [3.63, 3.8) is 0 Å². The predicted octanol–water partition coefficient (Wildman–Crippen LogP) is 5.20. The van der Waals surface area contributed by atoms with Crippen LogP contribution in [0.25, 0.3) is 12.2 Å². The molecule has 0 radical (unpaired) electrons. The first-order valence-electron chi connectivity index (χ1n) is 7.04. The fourth-order valence-corrected chi connectivity index (χ4v) is 2.33. The topological polar surface area (TPSA) is 44.2 Å². The van der Waals surface area contributed by atoms with Gasteiger partial charge >= 0.3 is 0 Å². The summed E-state index contributed by atoms with van der Waals surface area (Å²) in [5, 5.41) is 8.91. The first kappa shape index (κ1) is 13.8. The fraction of sp³-hybridized carbons (Fsp3) is 0. The molecule has 1 aromatic heterocycles. The number of hydrogen-bond donors (Lipinski definition) is 0. The van der Waals surface area contributed by atoms with Crippen molar-refractivity contribution in [2.45, 2.75) is 0 Å². The van der Waals surface area contributed by atoms with Gasteiger partial charge in [-0.3, -0.25) is 0 Å². The van der Waals surface area contributed by atoms with Gasteiger partial charge < -0.3 is 9.47 Å². The molecule has 2 aromatic carbocycles. The molecule has 112 valence electrons. The molecule has 0 atom stereocenters. The van der Waals surface area contributed by atoms with Gasteiger partial charge in [-0.15, -0.1) is 10.2 Å². The smallest absolute Gasteiger partial charge is 0.282 e. The molecule has 0 aliphatic carbocycles. The lowest BCUT2D eigenvalue weighted by molar-refractivity contribution is 0.343. The Bertz CT molecular complexity index is 892. The van der Waals surface area contributed by atoms with Crippen LogP contribution in [0.2, 0.25) is 5.02 Å². The van der Waals surface area contributed by atoms with Crippen LogP contribution in [0.15, 0.2) is 54.6 Å². The maximum atomic E-state index is 5.87. The molecule has 5 heteroatoms. The summed E-state index contributed by atoms with van der Waals surface area (Å²) in [5.74, 6) is 2.22. The van der Waals surface area contributed by atoms with E-state index in [2.05, 4.69) is 10.2 Å². The summed E-state index contributed by atoms with van der Waals surface area (Å²) in [7, 11) is 0. The predicted molar refractivity (Wildman–Crippen MR) is 89.0 cm³/mol. The Hall–Kier alpha value is -2.85. The van der Waals surface area contributed by atoms with Crippen LogP contribution in [0.3, 0.4) is 0 Å². The van der Waals surface area contributed by atoms with Crippen LogP contribution in [0, 0.1) is 0 Å². The van der Waals surface area contributed by atoms with Gasteiger partial charge in [-0.2, -0.15) is 0 Å². The zero-order chi connectivity index (χ0) is 15.6. The number of ether oxygens (including phenoxy) is 2. The van der Waals surface area contributed by atoms with E-state index < -0.39 is 0 Å². The molecule has 4 rings (SSSR count). The molecule has 23 heavy (non-hydrogen) atoms. The van der Waals surface area contributed by atoms with Gasteiger partial charge in [0.15, 0.2) is 17.2 Å². The molecule has 0 unspecified atom stereocenters. The minimum Gasteiger partial charge on any atom is -0.448 e. The van der Waals surface area contributed by atoms with Crippen LogP contribution >= 0.6 is 11.6 Å². The van der Waals surface area contributed by atoms with E-state index >= 15 is 0 Å². The molecule has 0 saturated heterocycles. The van der Waals surface area contributed by atoms with E-state index in [4.69, 9.17) is 21.1 Å². The fourth-order valence-electron chi connectivity index (χ4n) is 2.20. The molecule has 2 heterocycles. The van der Waals surface area contributed by atoms with Gasteiger partial charge in [-0.25, -0.2) is 0 Å². The summed E-state index contributed by atoms with van der Waals surface area (Å²) >= 11 is 5.87. The zero-order valence-corrected chi connectivity index (χ0v) is 12.7. The second-order valence-corrected chi connectivity index (χ2v) is 5.41. The monoisotopic (exact) mass is 322 g/mol. The SMILES string of the molecule is Clc1ccc(C=Cc2cc3c(nn2)Oc2ccccc2O3)cc1. The van der Waals surface area contributed by atoms with Gasteiger partial charge in [0.05, 0.1) is 5.69 Å². The number of hydrogen-bond acceptors (Lipinski definition) is 4. The lowest BCUT2D eigenvalue weighted by Crippen LogP contribution is -2.02. The Balaban J connectivity index is 1.60. The number of rotatable bonds is 2. The van der Waals surface area contributed by atoms with Crippen LogP contribution in [0.1, 0.15) is 11.3 Å². The Kier molecular flexibility index (Phi) is 3.44. The third kappa shape index (κ3) is 2.89. The van der Waals surface area contributed by atoms with Crippen LogP contribution in [-0.4, -0.2) is 10.2 Å². The minimum atomic E-state index is 0.368. The summed E-state index contributed by atoms with van der Waals surface area (Å²) in [5.41, 5.74) is 1.71. The van der Waals surface area contributed by atoms with Gasteiger partial charge in [0.1, 0.15) is 0 Å². The van der Waals surface area contributed by atoms with Crippen molar-refractivity contribution < 1.29 is 9.47 Å². The average Bonchev–Trinajstić information content (AvgIpc) is 2.59. The van der Waals surface area contributed by atoms with Gasteiger partial charge in [0.2, 0.25) is 0 Å². The number of benzene rings is 2. The van der Waals surface area contributed by atoms with Gasteiger partial charge in [-0.05, 0) is 35.9 Å². The highest BCUT2D eigenvalue weighted by Gasteiger charge is 2.20. The van der Waals surface area contributed by atoms with Crippen LogP contribution in [-0.2, 0) is 0 Å². The van der Waals surface area contributed by atoms with Crippen LogP contribution in [0.4, 0.5) is 0 Å². The molecule has 1 aliphatic rings. The molecule has 0 bridgehead atoms. The number of nitrogens with zero attached hydrogens (tertiary/aromatic N) is 2. The van der Waals surface area contributed by atoms with Gasteiger partial charge in [-0.1, -0.05) is 41.9 Å². The minimum absolute atomic E-state index is 0.368. The second kappa shape index (κ2) is 5.74. The lowest BCUT2D eigenvalue weighted by atomic mass is 10.2. The Morgan fingerprint density at radius 3 is 2.30 bits per heavy atom. The third-order valence-corrected chi connectivity index (χ3v) is 3.59. The molecule has 0 saturated carbocycles. The van der Waals surface area contributed by atoms with E-state index in [9.17, 15) is 0 Å². The summed E-state index contributed by atoms with van der Waals surface area (Å²) in [4.78, 5) is 0. The van der Waals surface area contributed by atoms with Crippen molar-refractivity contribution in [3.05, 3.63) is 70.9 Å². The molecule has 0 amide bonds. The van der Waals surface area contributed by atoms with Gasteiger partial charge in [0, 0.05) is 11.1 Å². The second-order valence-electron chi connectivity index (χ2n) is 4.97. The van der Waals surface area contributed by atoms with Crippen molar-refractivity contribution >= 4 is 23.8 Å². The van der Waals surface area contributed by atoms with Crippen molar-refractivity contribution in [2.75, 3.05) is 0 Å². The molecule has 0 spiro atoms. The Morgan fingerprint density at radius 1 is 0.783 bits per heavy atom. The largest absolute Gasteiger partial charge is 0.448 e. The maximum absolute atomic E-state index is 5.87. The first-order chi connectivity index (χ1) is 11.3. The molecule has 0 N–H and O–H groups in total. The van der Waals surface area contributed by atoms with Gasteiger partial charge in [0.25, 0.3) is 5.88 Å². The van der Waals surface area contributed by atoms with Crippen molar-refractivity contribution in [3.8, 4) is 23.1 Å². The maximum Gasteiger partial charge on any atom is 0.282 e. The summed E-state index contributed by atoms with van der Waals surface area (Å²) < 4.78 is 11.5. The number of halogens is 1. The quantitative estimate of drug-likeness (QED) is 0.509. The number of para-hydroxylation sites is 2. The Labute approximate surface area is 138 Å². The first-order valence-corrected chi connectivity index (χ1v) is 7.42. The van der Waals surface area contributed by atoms with E-state index in [1.165, 1.54) is 0 Å². The zero-order valence-electron chi connectivity index (χ0n) is 11.9. The van der Waals surface area contributed by atoms with Crippen molar-refractivity contribution in [2.24, 2.45) is 0 Å². The molecular formula is C18H11ClN2O2. The summed E-state index contributed by atoms with van der Waals surface area (Å²) in [6.07, 6.45) is 3.80. The normalized spacial score (nSPS) is 12.2. The molecule has 4 nitrogen and oxygen atoms in total. The molecule has 1 aliphatic heterocycles. The standard InChI is InChI=1S/C18H11ClN2O2/c19-13-8-5-12(6-9-13)7-10-14-11-17-18(21-20-14)23-16-4-2-1-3-15(16)22-17/h1-11H. The third-order valence-electron chi connectivity index (χ3n) is 3.34. The highest BCUT2D eigenvalue weighted by Crippen LogP contribution is 2.43. The van der Waals surface area contributed by atoms with Crippen molar-refractivity contribution in [1.82, 2.24) is 10.2 Å². The highest BCUT2D eigenvalue weighted by molar-refractivity contribution is 6.30. The highest BCUT2D eigenvalue weighted by atomic mass is 35.5. The molecular weight excluding hydrogens is 312 g/mol. The summed E-state index contributed by atoms with van der Waals surface area (Å²) in [6, 6.07) is 16.8. The Morgan fingerprint density at radius 2 is 1.52 bits per heavy atom. The van der Waals surface area contributed by atoms with E-state index in [1.807, 2.05) is 60.7 Å². The summed E-state index contributed by atoms with van der Waals surface area (Å²) in [6.45, 7) is 0. The van der Waals surface area contributed by atoms with Crippen LogP contribution in [0.5, 0.6) is 23.1 Å². The van der Waals surface area contributed by atoms with E-state index in [-0.39, 0.29) is 0 Å². The average molecular weight is 323 g/mol. The van der Waals surface area contributed by atoms with E-state index in [0.29, 0.717) is 33.8 Å². The molecule has 0 fully saturated rings. The van der Waals surface area contributed by atoms with Crippen molar-refractivity contribution in [1.29, 1.82) is 0 Å². The van der Waals surface area contributed by atoms with Crippen LogP contribution < -0.4 is 9.47 Å². The number of aromatic nitrogens is 2. The van der Waals surface area contributed by atoms with E-state index in [1.54, 1.807) is 6.07 Å².